The Morgan fingerprint density at radius 2 is 2.05 bits per heavy atom. The highest BCUT2D eigenvalue weighted by Crippen LogP contribution is 2.28. The maximum atomic E-state index is 2.34. The molecule has 0 saturated carbocycles. The first-order valence-corrected chi connectivity index (χ1v) is 8.06. The van der Waals surface area contributed by atoms with Crippen LogP contribution in [0.15, 0.2) is 66.3 Å². The first-order valence-electron chi connectivity index (χ1n) is 8.06. The summed E-state index contributed by atoms with van der Waals surface area (Å²) in [6.45, 7) is 4.28. The fraction of sp³-hybridized carbons (Fsp3) is 0.333. The largest absolute Gasteiger partial charge is 0.0888 e. The van der Waals surface area contributed by atoms with Gasteiger partial charge in [-0.2, -0.15) is 0 Å². The molecule has 0 spiro atoms. The highest BCUT2D eigenvalue weighted by molar-refractivity contribution is 5.54. The van der Waals surface area contributed by atoms with Crippen LogP contribution in [0.3, 0.4) is 0 Å². The second-order valence-corrected chi connectivity index (χ2v) is 5.59. The van der Waals surface area contributed by atoms with E-state index in [9.17, 15) is 0 Å². The number of allylic oxidation sites excluding steroid dienone is 7. The molecule has 1 atom stereocenters. The minimum atomic E-state index is 0.663. The maximum absolute atomic E-state index is 2.34. The van der Waals surface area contributed by atoms with Crippen molar-refractivity contribution in [1.29, 1.82) is 0 Å². The van der Waals surface area contributed by atoms with Crippen LogP contribution in [0.5, 0.6) is 0 Å². The van der Waals surface area contributed by atoms with Crippen molar-refractivity contribution in [3.8, 4) is 0 Å². The molecule has 0 aliphatic heterocycles. The molecule has 21 heavy (non-hydrogen) atoms. The zero-order valence-electron chi connectivity index (χ0n) is 13.3. The van der Waals surface area contributed by atoms with E-state index in [-0.39, 0.29) is 0 Å². The fourth-order valence-electron chi connectivity index (χ4n) is 2.86. The maximum Gasteiger partial charge on any atom is -0.00550 e. The predicted octanol–water partition coefficient (Wildman–Crippen LogP) is 6.12. The summed E-state index contributed by atoms with van der Waals surface area (Å²) >= 11 is 0. The van der Waals surface area contributed by atoms with Crippen molar-refractivity contribution in [2.75, 3.05) is 0 Å². The summed E-state index contributed by atoms with van der Waals surface area (Å²) in [5.41, 5.74) is 4.34. The van der Waals surface area contributed by atoms with Crippen LogP contribution in [0, 0.1) is 5.92 Å². The topological polar surface area (TPSA) is 0 Å². The molecule has 1 unspecified atom stereocenters. The minimum Gasteiger partial charge on any atom is -0.0888 e. The van der Waals surface area contributed by atoms with E-state index in [1.807, 2.05) is 0 Å². The molecule has 2 rings (SSSR count). The third-order valence-corrected chi connectivity index (χ3v) is 4.01. The van der Waals surface area contributed by atoms with E-state index < -0.39 is 0 Å². The molecule has 0 heteroatoms. The SMILES string of the molecule is C/C=C\c1ccccc1CC1=CC=CCC1CC=CCC. The van der Waals surface area contributed by atoms with Crippen LogP contribution in [0.4, 0.5) is 0 Å². The smallest absolute Gasteiger partial charge is 0.00550 e. The first kappa shape index (κ1) is 15.6. The first-order chi connectivity index (χ1) is 10.3. The van der Waals surface area contributed by atoms with Gasteiger partial charge in [0.2, 0.25) is 0 Å². The lowest BCUT2D eigenvalue weighted by Crippen LogP contribution is -2.08. The Hall–Kier alpha value is -1.82. The molecule has 0 fully saturated rings. The van der Waals surface area contributed by atoms with Gasteiger partial charge in [-0.1, -0.05) is 79.3 Å². The Kier molecular flexibility index (Phi) is 6.27. The van der Waals surface area contributed by atoms with Crippen molar-refractivity contribution >= 4 is 6.08 Å². The van der Waals surface area contributed by atoms with Gasteiger partial charge in [0.25, 0.3) is 0 Å². The van der Waals surface area contributed by atoms with E-state index in [2.05, 4.69) is 80.6 Å². The van der Waals surface area contributed by atoms with Crippen LogP contribution < -0.4 is 0 Å². The van der Waals surface area contributed by atoms with E-state index in [4.69, 9.17) is 0 Å². The third-order valence-electron chi connectivity index (χ3n) is 4.01. The summed E-state index contributed by atoms with van der Waals surface area (Å²) in [5.74, 6) is 0.663. The van der Waals surface area contributed by atoms with Crippen molar-refractivity contribution < 1.29 is 0 Å². The summed E-state index contributed by atoms with van der Waals surface area (Å²) in [5, 5.41) is 0. The molecule has 0 bridgehead atoms. The molecule has 0 aromatic heterocycles. The van der Waals surface area contributed by atoms with E-state index in [1.165, 1.54) is 17.5 Å². The molecule has 1 aliphatic rings. The van der Waals surface area contributed by atoms with Crippen molar-refractivity contribution in [2.24, 2.45) is 5.92 Å². The van der Waals surface area contributed by atoms with E-state index in [1.54, 1.807) is 5.57 Å². The molecule has 110 valence electrons. The van der Waals surface area contributed by atoms with Crippen LogP contribution >= 0.6 is 0 Å². The third kappa shape index (κ3) is 4.60. The van der Waals surface area contributed by atoms with Gasteiger partial charge in [-0.05, 0) is 49.7 Å². The van der Waals surface area contributed by atoms with Crippen molar-refractivity contribution in [3.05, 3.63) is 77.4 Å². The molecule has 0 heterocycles. The predicted molar refractivity (Wildman–Crippen MR) is 94.2 cm³/mol. The minimum absolute atomic E-state index is 0.663. The van der Waals surface area contributed by atoms with Crippen LogP contribution in [-0.4, -0.2) is 0 Å². The Morgan fingerprint density at radius 3 is 2.86 bits per heavy atom. The highest BCUT2D eigenvalue weighted by atomic mass is 14.2. The summed E-state index contributed by atoms with van der Waals surface area (Å²) in [4.78, 5) is 0. The average molecular weight is 278 g/mol. The van der Waals surface area contributed by atoms with E-state index >= 15 is 0 Å². The molecule has 0 nitrogen and oxygen atoms in total. The highest BCUT2D eigenvalue weighted by Gasteiger charge is 2.15. The molecule has 1 aliphatic carbocycles. The van der Waals surface area contributed by atoms with Gasteiger partial charge in [0.15, 0.2) is 0 Å². The molecule has 0 radical (unpaired) electrons. The van der Waals surface area contributed by atoms with Gasteiger partial charge in [-0.25, -0.2) is 0 Å². The molecule has 1 aromatic rings. The van der Waals surface area contributed by atoms with Crippen LogP contribution in [0.25, 0.3) is 6.08 Å². The van der Waals surface area contributed by atoms with Gasteiger partial charge in [-0.15, -0.1) is 0 Å². The van der Waals surface area contributed by atoms with Gasteiger partial charge in [-0.3, -0.25) is 0 Å². The van der Waals surface area contributed by atoms with Crippen LogP contribution in [0.1, 0.15) is 44.2 Å². The van der Waals surface area contributed by atoms with Gasteiger partial charge < -0.3 is 0 Å². The van der Waals surface area contributed by atoms with E-state index in [0.29, 0.717) is 5.92 Å². The zero-order valence-corrected chi connectivity index (χ0v) is 13.3. The quantitative estimate of drug-likeness (QED) is 0.550. The summed E-state index contributed by atoms with van der Waals surface area (Å²) < 4.78 is 0. The lowest BCUT2D eigenvalue weighted by molar-refractivity contribution is 0.609. The average Bonchev–Trinajstić information content (AvgIpc) is 2.51. The summed E-state index contributed by atoms with van der Waals surface area (Å²) in [7, 11) is 0. The number of hydrogen-bond acceptors (Lipinski definition) is 0. The number of hydrogen-bond donors (Lipinski definition) is 0. The van der Waals surface area contributed by atoms with Gasteiger partial charge in [0, 0.05) is 0 Å². The Morgan fingerprint density at radius 1 is 1.19 bits per heavy atom. The van der Waals surface area contributed by atoms with Crippen molar-refractivity contribution in [2.45, 2.75) is 39.5 Å². The van der Waals surface area contributed by atoms with Crippen LogP contribution in [-0.2, 0) is 6.42 Å². The number of benzene rings is 1. The molecule has 0 saturated heterocycles. The molecule has 1 aromatic carbocycles. The second-order valence-electron chi connectivity index (χ2n) is 5.59. The fourth-order valence-corrected chi connectivity index (χ4v) is 2.86. The second kappa shape index (κ2) is 8.46. The number of rotatable bonds is 6. The lowest BCUT2D eigenvalue weighted by atomic mass is 9.84. The molecular formula is C21H26. The van der Waals surface area contributed by atoms with Crippen LogP contribution in [0.2, 0.25) is 0 Å². The molecule has 0 N–H and O–H groups in total. The Bertz CT molecular complexity index is 555. The molecule has 0 amide bonds. The Balaban J connectivity index is 2.14. The van der Waals surface area contributed by atoms with E-state index in [0.717, 1.165) is 19.3 Å². The Labute approximate surface area is 129 Å². The molecular weight excluding hydrogens is 252 g/mol. The summed E-state index contributed by atoms with van der Waals surface area (Å²) in [6.07, 6.45) is 20.3. The van der Waals surface area contributed by atoms with Gasteiger partial charge >= 0.3 is 0 Å². The zero-order chi connectivity index (χ0) is 14.9. The summed E-state index contributed by atoms with van der Waals surface area (Å²) in [6, 6.07) is 8.73. The lowest BCUT2D eigenvalue weighted by Gasteiger charge is -2.21. The van der Waals surface area contributed by atoms with Gasteiger partial charge in [0.1, 0.15) is 0 Å². The normalized spacial score (nSPS) is 18.6. The van der Waals surface area contributed by atoms with Crippen molar-refractivity contribution in [1.82, 2.24) is 0 Å². The van der Waals surface area contributed by atoms with Gasteiger partial charge in [0.05, 0.1) is 0 Å². The standard InChI is InChI=1S/C21H26/c1-3-5-6-12-19-14-8-10-16-21(19)17-20-15-9-7-13-18(20)11-4-2/h4-11,13,15-16,19H,3,12,14,17H2,1-2H3/b6-5?,11-4-. The van der Waals surface area contributed by atoms with Crippen molar-refractivity contribution in [3.63, 3.8) is 0 Å². The monoisotopic (exact) mass is 278 g/mol.